The molecule has 1 fully saturated rings. The van der Waals surface area contributed by atoms with Crippen molar-refractivity contribution in [1.29, 1.82) is 0 Å². The minimum Gasteiger partial charge on any atom is -0.313 e. The molecule has 0 spiro atoms. The SMILES string of the molecule is CCC(CC)(CNC1CC1)CN(C)Cc1cccc(Cl)c1. The van der Waals surface area contributed by atoms with Crippen LogP contribution in [0.15, 0.2) is 24.3 Å². The molecule has 21 heavy (non-hydrogen) atoms. The van der Waals surface area contributed by atoms with Crippen LogP contribution in [0, 0.1) is 5.41 Å². The summed E-state index contributed by atoms with van der Waals surface area (Å²) in [6.07, 6.45) is 5.18. The van der Waals surface area contributed by atoms with E-state index in [4.69, 9.17) is 11.6 Å². The maximum absolute atomic E-state index is 6.08. The molecule has 3 heteroatoms. The lowest BCUT2D eigenvalue weighted by atomic mass is 9.81. The van der Waals surface area contributed by atoms with Crippen LogP contribution in [0.5, 0.6) is 0 Å². The fourth-order valence-electron chi connectivity index (χ4n) is 3.00. The monoisotopic (exact) mass is 308 g/mol. The lowest BCUT2D eigenvalue weighted by Gasteiger charge is -2.36. The van der Waals surface area contributed by atoms with Gasteiger partial charge in [0.25, 0.3) is 0 Å². The molecular weight excluding hydrogens is 280 g/mol. The fourth-order valence-corrected chi connectivity index (χ4v) is 3.22. The molecule has 0 aromatic heterocycles. The first kappa shape index (κ1) is 16.8. The van der Waals surface area contributed by atoms with E-state index in [0.717, 1.165) is 30.7 Å². The van der Waals surface area contributed by atoms with Gasteiger partial charge in [0.1, 0.15) is 0 Å². The Morgan fingerprint density at radius 1 is 1.29 bits per heavy atom. The molecule has 0 saturated heterocycles. The van der Waals surface area contributed by atoms with E-state index in [2.05, 4.69) is 43.2 Å². The standard InChI is InChI=1S/C18H29ClN2/c1-4-18(5-2,13-20-17-9-10-17)14-21(3)12-15-7-6-8-16(19)11-15/h6-8,11,17,20H,4-5,9-10,12-14H2,1-3H3. The van der Waals surface area contributed by atoms with E-state index in [1.807, 2.05) is 12.1 Å². The third-order valence-electron chi connectivity index (χ3n) is 4.79. The Morgan fingerprint density at radius 3 is 2.57 bits per heavy atom. The van der Waals surface area contributed by atoms with Crippen molar-refractivity contribution in [2.75, 3.05) is 20.1 Å². The van der Waals surface area contributed by atoms with Gasteiger partial charge in [-0.1, -0.05) is 37.6 Å². The number of nitrogens with one attached hydrogen (secondary N) is 1. The zero-order chi connectivity index (χ0) is 15.3. The molecular formula is C18H29ClN2. The van der Waals surface area contributed by atoms with Gasteiger partial charge >= 0.3 is 0 Å². The second-order valence-corrected chi connectivity index (χ2v) is 7.10. The highest BCUT2D eigenvalue weighted by atomic mass is 35.5. The van der Waals surface area contributed by atoms with Gasteiger partial charge in [0.05, 0.1) is 0 Å². The predicted molar refractivity (Wildman–Crippen MR) is 91.8 cm³/mol. The van der Waals surface area contributed by atoms with Crippen LogP contribution in [0.1, 0.15) is 45.1 Å². The summed E-state index contributed by atoms with van der Waals surface area (Å²) in [4.78, 5) is 2.44. The van der Waals surface area contributed by atoms with Gasteiger partial charge in [0.15, 0.2) is 0 Å². The van der Waals surface area contributed by atoms with Crippen molar-refractivity contribution in [3.8, 4) is 0 Å². The summed E-state index contributed by atoms with van der Waals surface area (Å²) < 4.78 is 0. The van der Waals surface area contributed by atoms with E-state index in [9.17, 15) is 0 Å². The minimum atomic E-state index is 0.385. The Kier molecular flexibility index (Phi) is 6.09. The van der Waals surface area contributed by atoms with Crippen molar-refractivity contribution in [3.05, 3.63) is 34.9 Å². The normalized spacial score (nSPS) is 15.7. The smallest absolute Gasteiger partial charge is 0.0409 e. The second kappa shape index (κ2) is 7.62. The van der Waals surface area contributed by atoms with Crippen LogP contribution in [0.25, 0.3) is 0 Å². The van der Waals surface area contributed by atoms with Gasteiger partial charge in [0.2, 0.25) is 0 Å². The summed E-state index contributed by atoms with van der Waals surface area (Å²) in [5.41, 5.74) is 1.68. The third-order valence-corrected chi connectivity index (χ3v) is 5.03. The van der Waals surface area contributed by atoms with Gasteiger partial charge < -0.3 is 10.2 Å². The lowest BCUT2D eigenvalue weighted by molar-refractivity contribution is 0.150. The summed E-state index contributed by atoms with van der Waals surface area (Å²) in [7, 11) is 2.22. The van der Waals surface area contributed by atoms with Crippen molar-refractivity contribution in [1.82, 2.24) is 10.2 Å². The van der Waals surface area contributed by atoms with Gasteiger partial charge in [-0.15, -0.1) is 0 Å². The summed E-state index contributed by atoms with van der Waals surface area (Å²) in [5, 5.41) is 4.56. The number of benzene rings is 1. The zero-order valence-electron chi connectivity index (χ0n) is 13.7. The molecule has 1 N–H and O–H groups in total. The number of hydrogen-bond acceptors (Lipinski definition) is 2. The van der Waals surface area contributed by atoms with E-state index in [-0.39, 0.29) is 0 Å². The minimum absolute atomic E-state index is 0.385. The molecule has 1 aromatic rings. The van der Waals surface area contributed by atoms with Gasteiger partial charge in [0, 0.05) is 30.7 Å². The highest BCUT2D eigenvalue weighted by Gasteiger charge is 2.30. The topological polar surface area (TPSA) is 15.3 Å². The lowest BCUT2D eigenvalue weighted by Crippen LogP contribution is -2.42. The molecule has 1 saturated carbocycles. The highest BCUT2D eigenvalue weighted by Crippen LogP contribution is 2.29. The molecule has 0 heterocycles. The predicted octanol–water partition coefficient (Wildman–Crippen LogP) is 4.33. The molecule has 0 amide bonds. The molecule has 2 nitrogen and oxygen atoms in total. The van der Waals surface area contributed by atoms with E-state index < -0.39 is 0 Å². The Morgan fingerprint density at radius 2 is 2.00 bits per heavy atom. The van der Waals surface area contributed by atoms with Gasteiger partial charge in [-0.2, -0.15) is 0 Å². The second-order valence-electron chi connectivity index (χ2n) is 6.66. The largest absolute Gasteiger partial charge is 0.313 e. The Balaban J connectivity index is 1.91. The maximum Gasteiger partial charge on any atom is 0.0409 e. The van der Waals surface area contributed by atoms with Crippen LogP contribution in [0.2, 0.25) is 5.02 Å². The van der Waals surface area contributed by atoms with E-state index in [0.29, 0.717) is 5.41 Å². The first-order valence-electron chi connectivity index (χ1n) is 8.23. The average Bonchev–Trinajstić information content (AvgIpc) is 3.28. The summed E-state index contributed by atoms with van der Waals surface area (Å²) in [5.74, 6) is 0. The Labute approximate surface area is 134 Å². The van der Waals surface area contributed by atoms with Crippen LogP contribution in [-0.4, -0.2) is 31.1 Å². The van der Waals surface area contributed by atoms with Crippen LogP contribution in [0.4, 0.5) is 0 Å². The van der Waals surface area contributed by atoms with Crippen LogP contribution in [0.3, 0.4) is 0 Å². The zero-order valence-corrected chi connectivity index (χ0v) is 14.4. The van der Waals surface area contributed by atoms with Crippen LogP contribution < -0.4 is 5.32 Å². The number of rotatable bonds is 9. The molecule has 0 bridgehead atoms. The highest BCUT2D eigenvalue weighted by molar-refractivity contribution is 6.30. The molecule has 0 unspecified atom stereocenters. The fraction of sp³-hybridized carbons (Fsp3) is 0.667. The van der Waals surface area contributed by atoms with Crippen LogP contribution >= 0.6 is 11.6 Å². The van der Waals surface area contributed by atoms with E-state index in [1.165, 1.54) is 31.2 Å². The van der Waals surface area contributed by atoms with Gasteiger partial charge in [-0.3, -0.25) is 0 Å². The first-order valence-corrected chi connectivity index (χ1v) is 8.61. The average molecular weight is 309 g/mol. The van der Waals surface area contributed by atoms with Crippen molar-refractivity contribution in [3.63, 3.8) is 0 Å². The summed E-state index contributed by atoms with van der Waals surface area (Å²) >= 11 is 6.08. The van der Waals surface area contributed by atoms with E-state index in [1.54, 1.807) is 0 Å². The van der Waals surface area contributed by atoms with Gasteiger partial charge in [-0.05, 0) is 55.8 Å². The van der Waals surface area contributed by atoms with Crippen molar-refractivity contribution < 1.29 is 0 Å². The molecule has 0 radical (unpaired) electrons. The number of hydrogen-bond donors (Lipinski definition) is 1. The van der Waals surface area contributed by atoms with Crippen LogP contribution in [-0.2, 0) is 6.54 Å². The molecule has 1 aliphatic carbocycles. The number of halogens is 1. The summed E-state index contributed by atoms with van der Waals surface area (Å²) in [6, 6.07) is 8.99. The number of nitrogens with zero attached hydrogens (tertiary/aromatic N) is 1. The Hall–Kier alpha value is -0.570. The van der Waals surface area contributed by atoms with Crippen molar-refractivity contribution in [2.45, 2.75) is 52.1 Å². The molecule has 118 valence electrons. The van der Waals surface area contributed by atoms with Crippen molar-refractivity contribution in [2.24, 2.45) is 5.41 Å². The molecule has 1 aliphatic rings. The first-order chi connectivity index (χ1) is 10.1. The molecule has 2 rings (SSSR count). The quantitative estimate of drug-likeness (QED) is 0.730. The maximum atomic E-state index is 6.08. The summed E-state index contributed by atoms with van der Waals surface area (Å²) in [6.45, 7) is 7.89. The molecule has 0 aliphatic heterocycles. The van der Waals surface area contributed by atoms with Crippen molar-refractivity contribution >= 4 is 11.6 Å². The molecule has 0 atom stereocenters. The van der Waals surface area contributed by atoms with E-state index >= 15 is 0 Å². The third kappa shape index (κ3) is 5.28. The molecule has 1 aromatic carbocycles. The Bertz CT molecular complexity index is 439. The van der Waals surface area contributed by atoms with Gasteiger partial charge in [-0.25, -0.2) is 0 Å².